The van der Waals surface area contributed by atoms with E-state index in [1.165, 1.54) is 6.07 Å². The summed E-state index contributed by atoms with van der Waals surface area (Å²) in [5.41, 5.74) is -0.841. The molecule has 0 bridgehead atoms. The Morgan fingerprint density at radius 3 is 2.61 bits per heavy atom. The van der Waals surface area contributed by atoms with E-state index in [0.717, 1.165) is 5.56 Å². The van der Waals surface area contributed by atoms with Crippen LogP contribution in [0.1, 0.15) is 56.8 Å². The summed E-state index contributed by atoms with van der Waals surface area (Å²) in [4.78, 5) is 30.3. The van der Waals surface area contributed by atoms with Crippen LogP contribution in [-0.4, -0.2) is 40.4 Å². The van der Waals surface area contributed by atoms with Crippen molar-refractivity contribution in [1.29, 1.82) is 0 Å². The summed E-state index contributed by atoms with van der Waals surface area (Å²) in [5, 5.41) is 13.4. The van der Waals surface area contributed by atoms with Crippen LogP contribution in [-0.2, 0) is 16.6 Å². The maximum atomic E-state index is 13.9. The molecule has 3 atom stereocenters. The number of halogens is 3. The standard InChI is InChI=1S/C29H27F3N2O4/c1-18-24(8-5-13-33-18)34-25(35)20-9-10-23-22(14-20)26(36)38-17-21-16-28(37,29(30,31)32)12-11-27(21,23)15-19-6-3-2-4-7-19/h2-10,13-14,21,37H,11-12,15-17H2,1H3,(H,34,35)/t21-,27-,28+/m0/s1. The largest absolute Gasteiger partial charge is 0.462 e. The van der Waals surface area contributed by atoms with Gasteiger partial charge in [-0.25, -0.2) is 4.79 Å². The molecule has 1 fully saturated rings. The number of nitrogens with one attached hydrogen (secondary N) is 1. The van der Waals surface area contributed by atoms with Crippen molar-refractivity contribution in [3.05, 3.63) is 94.8 Å². The van der Waals surface area contributed by atoms with Gasteiger partial charge in [-0.2, -0.15) is 13.2 Å². The number of hydrogen-bond donors (Lipinski definition) is 2. The monoisotopic (exact) mass is 524 g/mol. The van der Waals surface area contributed by atoms with Crippen LogP contribution in [0.15, 0.2) is 66.9 Å². The fourth-order valence-electron chi connectivity index (χ4n) is 5.81. The summed E-state index contributed by atoms with van der Waals surface area (Å²) < 4.78 is 47.0. The number of nitrogens with zero attached hydrogens (tertiary/aromatic N) is 1. The number of rotatable bonds is 4. The van der Waals surface area contributed by atoms with Gasteiger partial charge in [-0.3, -0.25) is 9.78 Å². The third-order valence-electron chi connectivity index (χ3n) is 7.95. The summed E-state index contributed by atoms with van der Waals surface area (Å²) in [6.45, 7) is 1.48. The molecule has 2 aromatic carbocycles. The molecule has 2 aliphatic rings. The van der Waals surface area contributed by atoms with Crippen LogP contribution < -0.4 is 5.32 Å². The fraction of sp³-hybridized carbons (Fsp3) is 0.345. The molecule has 0 radical (unpaired) electrons. The van der Waals surface area contributed by atoms with E-state index >= 15 is 0 Å². The van der Waals surface area contributed by atoms with Gasteiger partial charge in [0.25, 0.3) is 5.91 Å². The minimum Gasteiger partial charge on any atom is -0.462 e. The van der Waals surface area contributed by atoms with Crippen molar-refractivity contribution in [1.82, 2.24) is 4.98 Å². The van der Waals surface area contributed by atoms with Crippen LogP contribution in [0.2, 0.25) is 0 Å². The molecule has 5 rings (SSSR count). The number of cyclic esters (lactones) is 1. The third-order valence-corrected chi connectivity index (χ3v) is 7.95. The number of aromatic nitrogens is 1. The molecule has 9 heteroatoms. The molecule has 0 spiro atoms. The van der Waals surface area contributed by atoms with Gasteiger partial charge in [-0.1, -0.05) is 36.4 Å². The molecule has 1 amide bonds. The molecule has 1 aromatic heterocycles. The zero-order valence-corrected chi connectivity index (χ0v) is 20.7. The molecule has 0 saturated heterocycles. The number of carbonyl (C=O) groups is 2. The molecular weight excluding hydrogens is 497 g/mol. The highest BCUT2D eigenvalue weighted by Gasteiger charge is 2.61. The number of aryl methyl sites for hydroxylation is 1. The Kier molecular flexibility index (Phi) is 6.51. The van der Waals surface area contributed by atoms with Gasteiger partial charge in [-0.05, 0) is 68.0 Å². The number of aliphatic hydroxyl groups is 1. The van der Waals surface area contributed by atoms with Crippen molar-refractivity contribution in [2.24, 2.45) is 5.92 Å². The van der Waals surface area contributed by atoms with Crippen molar-refractivity contribution in [3.8, 4) is 0 Å². The van der Waals surface area contributed by atoms with Crippen molar-refractivity contribution in [3.63, 3.8) is 0 Å². The second kappa shape index (κ2) is 9.54. The molecule has 198 valence electrons. The van der Waals surface area contributed by atoms with Gasteiger partial charge in [0.05, 0.1) is 23.6 Å². The predicted octanol–water partition coefficient (Wildman–Crippen LogP) is 5.39. The first-order valence-electron chi connectivity index (χ1n) is 12.4. The summed E-state index contributed by atoms with van der Waals surface area (Å²) in [5.74, 6) is -1.94. The van der Waals surface area contributed by atoms with Crippen molar-refractivity contribution < 1.29 is 32.6 Å². The van der Waals surface area contributed by atoms with Gasteiger partial charge in [0, 0.05) is 23.1 Å². The Morgan fingerprint density at radius 2 is 1.89 bits per heavy atom. The number of esters is 1. The first kappa shape index (κ1) is 25.9. The molecule has 2 N–H and O–H groups in total. The normalized spacial score (nSPS) is 25.0. The average molecular weight is 525 g/mol. The number of carbonyl (C=O) groups excluding carboxylic acids is 2. The maximum absolute atomic E-state index is 13.9. The predicted molar refractivity (Wildman–Crippen MR) is 134 cm³/mol. The van der Waals surface area contributed by atoms with Crippen LogP contribution in [0, 0.1) is 12.8 Å². The molecule has 2 heterocycles. The van der Waals surface area contributed by atoms with E-state index in [4.69, 9.17) is 4.74 Å². The summed E-state index contributed by atoms with van der Waals surface area (Å²) in [6, 6.07) is 17.4. The van der Waals surface area contributed by atoms with Crippen LogP contribution in [0.3, 0.4) is 0 Å². The Labute approximate surface area is 217 Å². The minimum absolute atomic E-state index is 0.00731. The molecule has 1 aliphatic heterocycles. The SMILES string of the molecule is Cc1ncccc1NC(=O)c1ccc2c(c1)C(=O)OC[C@@H]1C[C@@](O)(C(F)(F)F)CC[C@@]21Cc1ccccc1. The molecule has 0 unspecified atom stereocenters. The highest BCUT2D eigenvalue weighted by molar-refractivity contribution is 6.06. The first-order valence-corrected chi connectivity index (χ1v) is 12.4. The molecule has 3 aromatic rings. The minimum atomic E-state index is -4.81. The van der Waals surface area contributed by atoms with Gasteiger partial charge in [0.15, 0.2) is 5.60 Å². The summed E-state index contributed by atoms with van der Waals surface area (Å²) in [6.07, 6.45) is -3.94. The van der Waals surface area contributed by atoms with Gasteiger partial charge in [0.2, 0.25) is 0 Å². The van der Waals surface area contributed by atoms with Crippen molar-refractivity contribution in [2.45, 2.75) is 49.8 Å². The smallest absolute Gasteiger partial charge is 0.417 e. The molecule has 1 saturated carbocycles. The number of anilines is 1. The highest BCUT2D eigenvalue weighted by Crippen LogP contribution is 2.55. The Bertz CT molecular complexity index is 1380. The lowest BCUT2D eigenvalue weighted by Gasteiger charge is -2.49. The lowest BCUT2D eigenvalue weighted by molar-refractivity contribution is -0.280. The van der Waals surface area contributed by atoms with Gasteiger partial charge >= 0.3 is 12.1 Å². The summed E-state index contributed by atoms with van der Waals surface area (Å²) >= 11 is 0. The molecular formula is C29H27F3N2O4. The lowest BCUT2D eigenvalue weighted by Crippen LogP contribution is -2.56. The van der Waals surface area contributed by atoms with Gasteiger partial charge in [0.1, 0.15) is 0 Å². The van der Waals surface area contributed by atoms with E-state index in [9.17, 15) is 27.9 Å². The van der Waals surface area contributed by atoms with E-state index in [2.05, 4.69) is 10.3 Å². The average Bonchev–Trinajstić information content (AvgIpc) is 3.00. The lowest BCUT2D eigenvalue weighted by atomic mass is 9.56. The van der Waals surface area contributed by atoms with Crippen LogP contribution in [0.5, 0.6) is 0 Å². The van der Waals surface area contributed by atoms with E-state index in [1.807, 2.05) is 30.3 Å². The van der Waals surface area contributed by atoms with Crippen LogP contribution >= 0.6 is 0 Å². The Hall–Kier alpha value is -3.72. The van der Waals surface area contributed by atoms with Crippen LogP contribution in [0.4, 0.5) is 18.9 Å². The van der Waals surface area contributed by atoms with E-state index in [1.54, 1.807) is 37.4 Å². The summed E-state index contributed by atoms with van der Waals surface area (Å²) in [7, 11) is 0. The second-order valence-corrected chi connectivity index (χ2v) is 10.2. The number of hydrogen-bond acceptors (Lipinski definition) is 5. The van der Waals surface area contributed by atoms with Gasteiger partial charge in [-0.15, -0.1) is 0 Å². The Morgan fingerprint density at radius 1 is 1.13 bits per heavy atom. The van der Waals surface area contributed by atoms with E-state index < -0.39 is 47.8 Å². The molecule has 1 aliphatic carbocycles. The van der Waals surface area contributed by atoms with Crippen LogP contribution in [0.25, 0.3) is 0 Å². The number of alkyl halides is 3. The number of pyridine rings is 1. The quantitative estimate of drug-likeness (QED) is 0.447. The second-order valence-electron chi connectivity index (χ2n) is 10.2. The zero-order valence-electron chi connectivity index (χ0n) is 20.7. The topological polar surface area (TPSA) is 88.5 Å². The van der Waals surface area contributed by atoms with E-state index in [-0.39, 0.29) is 24.2 Å². The van der Waals surface area contributed by atoms with E-state index in [0.29, 0.717) is 23.4 Å². The Balaban J connectivity index is 1.58. The zero-order chi connectivity index (χ0) is 27.1. The molecule has 6 nitrogen and oxygen atoms in total. The molecule has 38 heavy (non-hydrogen) atoms. The first-order chi connectivity index (χ1) is 18.0. The number of fused-ring (bicyclic) bond motifs is 3. The fourth-order valence-corrected chi connectivity index (χ4v) is 5.81. The number of benzene rings is 2. The van der Waals surface area contributed by atoms with Crippen molar-refractivity contribution in [2.75, 3.05) is 11.9 Å². The third kappa shape index (κ3) is 4.55. The number of ether oxygens (including phenoxy) is 1. The van der Waals surface area contributed by atoms with Gasteiger partial charge < -0.3 is 15.2 Å². The maximum Gasteiger partial charge on any atom is 0.417 e. The highest BCUT2D eigenvalue weighted by atomic mass is 19.4. The number of amides is 1. The van der Waals surface area contributed by atoms with Crippen molar-refractivity contribution >= 4 is 17.6 Å².